The van der Waals surface area contributed by atoms with Crippen LogP contribution < -0.4 is 0 Å². The monoisotopic (exact) mass is 666 g/mol. The van der Waals surface area contributed by atoms with Gasteiger partial charge in [0.2, 0.25) is 0 Å². The average molecular weight is 668 g/mol. The van der Waals surface area contributed by atoms with E-state index in [1.165, 1.54) is 146 Å². The molecule has 0 bridgehead atoms. The van der Waals surface area contributed by atoms with Gasteiger partial charge in [-0.25, -0.2) is 0 Å². The molecule has 0 aliphatic carbocycles. The van der Waals surface area contributed by atoms with E-state index < -0.39 is 25.0 Å². The molecule has 0 aromatic heterocycles. The van der Waals surface area contributed by atoms with Gasteiger partial charge in [0.15, 0.2) is 5.98 Å². The summed E-state index contributed by atoms with van der Waals surface area (Å²) in [6.07, 6.45) is 24.0. The largest absolute Gasteiger partial charge is 0.179 e. The number of benzene rings is 1. The minimum Gasteiger partial charge on any atom is -0.0596 e. The van der Waals surface area contributed by atoms with Gasteiger partial charge in [-0.1, -0.05) is 33.7 Å². The van der Waals surface area contributed by atoms with Crippen LogP contribution >= 0.6 is 47.0 Å². The summed E-state index contributed by atoms with van der Waals surface area (Å²) in [4.78, 5) is 0. The zero-order valence-electron chi connectivity index (χ0n) is 25.6. The number of hydrogen-bond acceptors (Lipinski definition) is 0. The summed E-state index contributed by atoms with van der Waals surface area (Å²) in [5, 5.41) is 0. The van der Waals surface area contributed by atoms with Crippen LogP contribution in [0, 0.1) is 0 Å². The van der Waals surface area contributed by atoms with E-state index in [9.17, 15) is 13.2 Å². The minimum absolute atomic E-state index is 0.471. The first kappa shape index (κ1) is 40.7. The molecule has 8 heteroatoms. The fourth-order valence-corrected chi connectivity index (χ4v) is 11.1. The Hall–Kier alpha value is 0.740. The first-order valence-electron chi connectivity index (χ1n) is 16.0. The Morgan fingerprint density at radius 2 is 0.950 bits per heavy atom. The number of alkyl halides is 3. The van der Waals surface area contributed by atoms with Crippen molar-refractivity contribution in [3.05, 3.63) is 35.4 Å². The average Bonchev–Trinajstić information content (AvgIpc) is 2.89. The van der Waals surface area contributed by atoms with E-state index in [2.05, 4.69) is 20.8 Å². The third-order valence-electron chi connectivity index (χ3n) is 8.02. The zero-order valence-corrected chi connectivity index (χ0v) is 29.7. The van der Waals surface area contributed by atoms with E-state index in [1.54, 1.807) is 6.07 Å². The number of rotatable bonds is 23. The summed E-state index contributed by atoms with van der Waals surface area (Å²) >= 11 is 14.6. The molecule has 40 heavy (non-hydrogen) atoms. The van der Waals surface area contributed by atoms with E-state index in [0.717, 1.165) is 11.7 Å². The Balaban J connectivity index is 0.00000354. The van der Waals surface area contributed by atoms with Gasteiger partial charge in [-0.05, 0) is 0 Å². The van der Waals surface area contributed by atoms with Crippen molar-refractivity contribution in [1.82, 2.24) is 0 Å². The molecule has 0 fully saturated rings. The van der Waals surface area contributed by atoms with Crippen LogP contribution in [0.5, 0.6) is 0 Å². The third-order valence-corrected chi connectivity index (χ3v) is 13.4. The SMILES string of the molecule is CCCCCCCC[PH](CCCCCCCC)(CCCCCCCC)Cc1cccc(C(F)(F)F)c1.ClP(Cl)Cl. The van der Waals surface area contributed by atoms with Gasteiger partial charge >= 0.3 is 223 Å². The topological polar surface area (TPSA) is 0 Å². The molecule has 0 saturated carbocycles. The van der Waals surface area contributed by atoms with Crippen LogP contribution in [0.2, 0.25) is 0 Å². The van der Waals surface area contributed by atoms with Crippen LogP contribution in [0.25, 0.3) is 0 Å². The Morgan fingerprint density at radius 3 is 1.30 bits per heavy atom. The van der Waals surface area contributed by atoms with Gasteiger partial charge in [0.05, 0.1) is 0 Å². The van der Waals surface area contributed by atoms with E-state index in [-0.39, 0.29) is 0 Å². The van der Waals surface area contributed by atoms with Crippen molar-refractivity contribution in [3.63, 3.8) is 0 Å². The zero-order chi connectivity index (χ0) is 30.1. The van der Waals surface area contributed by atoms with E-state index in [1.807, 2.05) is 6.07 Å². The predicted octanol–water partition coefficient (Wildman–Crippen LogP) is 15.0. The Kier molecular flexibility index (Phi) is 26.7. The molecule has 0 spiro atoms. The molecule has 1 rings (SSSR count). The number of halogens is 6. The standard InChI is InChI=1S/C32H58F3P.Cl3P/c1-4-7-10-13-16-19-25-36(26-20-17-14-11-8-5-2,27-21-18-15-12-9-6-3)29-30-23-22-24-31(28-30)32(33,34)35;1-4(2)3/h22-24,28,36H,4-21,25-27,29H2,1-3H3;. The van der Waals surface area contributed by atoms with Gasteiger partial charge in [-0.3, -0.25) is 0 Å². The van der Waals surface area contributed by atoms with Gasteiger partial charge < -0.3 is 0 Å². The molecular weight excluding hydrogens is 610 g/mol. The van der Waals surface area contributed by atoms with Crippen molar-refractivity contribution in [2.24, 2.45) is 0 Å². The van der Waals surface area contributed by atoms with Crippen molar-refractivity contribution < 1.29 is 13.2 Å². The molecule has 0 nitrogen and oxygen atoms in total. The van der Waals surface area contributed by atoms with Crippen LogP contribution in [-0.4, -0.2) is 18.5 Å². The Morgan fingerprint density at radius 1 is 0.600 bits per heavy atom. The van der Waals surface area contributed by atoms with Gasteiger partial charge in [-0.2, -0.15) is 0 Å². The molecule has 0 aliphatic heterocycles. The molecule has 0 aliphatic rings. The van der Waals surface area contributed by atoms with Crippen molar-refractivity contribution in [2.75, 3.05) is 18.5 Å². The summed E-state index contributed by atoms with van der Waals surface area (Å²) < 4.78 is 40.4. The Bertz CT molecular complexity index is 659. The second-order valence-electron chi connectivity index (χ2n) is 11.6. The normalized spacial score (nSPS) is 12.4. The van der Waals surface area contributed by atoms with E-state index in [4.69, 9.17) is 33.7 Å². The summed E-state index contributed by atoms with van der Waals surface area (Å²) in [7, 11) is -1.69. The summed E-state index contributed by atoms with van der Waals surface area (Å²) in [5.74, 6) is -1.20. The fourth-order valence-electron chi connectivity index (χ4n) is 5.77. The molecule has 1 aromatic rings. The van der Waals surface area contributed by atoms with Crippen LogP contribution in [0.4, 0.5) is 13.2 Å². The molecule has 1 aromatic carbocycles. The van der Waals surface area contributed by atoms with Gasteiger partial charge in [-0.15, -0.1) is 0 Å². The number of unbranched alkanes of at least 4 members (excludes halogenated alkanes) is 15. The van der Waals surface area contributed by atoms with Crippen LogP contribution in [-0.2, 0) is 12.3 Å². The quantitative estimate of drug-likeness (QED) is 0.0805. The molecule has 0 unspecified atom stereocenters. The summed E-state index contributed by atoms with van der Waals surface area (Å²) in [5.41, 5.74) is 0.473. The van der Waals surface area contributed by atoms with Crippen molar-refractivity contribution in [2.45, 2.75) is 149 Å². The molecule has 0 amide bonds. The number of hydrogen-bond donors (Lipinski definition) is 0. The summed E-state index contributed by atoms with van der Waals surface area (Å²) in [6, 6.07) is 6.31. The van der Waals surface area contributed by atoms with Crippen LogP contribution in [0.15, 0.2) is 24.3 Å². The van der Waals surface area contributed by atoms with Gasteiger partial charge in [0, 0.05) is 0 Å². The predicted molar refractivity (Wildman–Crippen MR) is 183 cm³/mol. The molecule has 0 heterocycles. The maximum atomic E-state index is 13.5. The molecule has 238 valence electrons. The Labute approximate surface area is 261 Å². The van der Waals surface area contributed by atoms with Crippen LogP contribution in [0.1, 0.15) is 147 Å². The molecule has 0 radical (unpaired) electrons. The molecule has 0 saturated heterocycles. The smallest absolute Gasteiger partial charge is 0.0596 e. The second kappa shape index (κ2) is 26.2. The maximum Gasteiger partial charge on any atom is 0.179 e. The van der Waals surface area contributed by atoms with Crippen molar-refractivity contribution >= 4 is 47.0 Å². The fraction of sp³-hybridized carbons (Fsp3) is 0.812. The van der Waals surface area contributed by atoms with Crippen LogP contribution in [0.3, 0.4) is 0 Å². The van der Waals surface area contributed by atoms with Gasteiger partial charge in [0.25, 0.3) is 0 Å². The summed E-state index contributed by atoms with van der Waals surface area (Å²) in [6.45, 7) is 6.77. The van der Waals surface area contributed by atoms with Gasteiger partial charge in [0.1, 0.15) is 0 Å². The maximum absolute atomic E-state index is 13.5. The van der Waals surface area contributed by atoms with Crippen molar-refractivity contribution in [1.29, 1.82) is 0 Å². The first-order valence-corrected chi connectivity index (χ1v) is 22.9. The third kappa shape index (κ3) is 23.2. The van der Waals surface area contributed by atoms with E-state index >= 15 is 0 Å². The molecule has 0 atom stereocenters. The molecule has 0 N–H and O–H groups in total. The first-order chi connectivity index (χ1) is 19.1. The molecular formula is C32H58Cl3F3P2. The van der Waals surface area contributed by atoms with E-state index in [0.29, 0.717) is 0 Å². The van der Waals surface area contributed by atoms with Crippen molar-refractivity contribution in [3.8, 4) is 0 Å². The second-order valence-corrected chi connectivity index (χ2v) is 21.5. The minimum atomic E-state index is -4.25.